The minimum Gasteiger partial charge on any atom is -0.467 e. The molecule has 10 nitrogen and oxygen atoms in total. The third-order valence-electron chi connectivity index (χ3n) is 7.74. The summed E-state index contributed by atoms with van der Waals surface area (Å²) < 4.78 is 5.45. The molecule has 0 spiro atoms. The fourth-order valence-corrected chi connectivity index (χ4v) is 5.61. The highest BCUT2D eigenvalue weighted by Gasteiger charge is 2.28. The summed E-state index contributed by atoms with van der Waals surface area (Å²) in [6.07, 6.45) is 3.15. The van der Waals surface area contributed by atoms with E-state index in [4.69, 9.17) is 25.1 Å². The van der Waals surface area contributed by atoms with Crippen LogP contribution in [0, 0.1) is 11.3 Å². The first kappa shape index (κ1) is 30.8. The van der Waals surface area contributed by atoms with Gasteiger partial charge in [0.15, 0.2) is 0 Å². The van der Waals surface area contributed by atoms with Crippen molar-refractivity contribution in [3.05, 3.63) is 66.4 Å². The normalized spacial score (nSPS) is 18.2. The number of aliphatic hydroxyl groups excluding tert-OH is 1. The standard InChI is InChI=1S/C25H27N5O2.C5H11NO.C2H3N/c1-3-23(31)28-13-15-29(16-14-28)24-20-11-12-30(17-21(20)26-25(27-24)32-2)22-10-6-8-18-7-4-5-9-19(18)22;1-6-3-2-5(7)4-6;1-2-3/h3-10H,1,11-17H2,2H3;5,7H,2-4H2,1H3;1H3. The molecule has 0 saturated carbocycles. The number of aromatic nitrogens is 2. The molecule has 2 aromatic carbocycles. The van der Waals surface area contributed by atoms with Gasteiger partial charge in [-0.05, 0) is 37.4 Å². The van der Waals surface area contributed by atoms with Gasteiger partial charge in [0, 0.05) is 69.4 Å². The first-order valence-corrected chi connectivity index (χ1v) is 14.4. The maximum Gasteiger partial charge on any atom is 0.318 e. The van der Waals surface area contributed by atoms with Crippen molar-refractivity contribution in [1.82, 2.24) is 19.8 Å². The zero-order valence-electron chi connectivity index (χ0n) is 24.9. The van der Waals surface area contributed by atoms with Gasteiger partial charge in [0.05, 0.1) is 31.5 Å². The van der Waals surface area contributed by atoms with Crippen LogP contribution in [-0.2, 0) is 17.8 Å². The highest BCUT2D eigenvalue weighted by molar-refractivity contribution is 5.94. The lowest BCUT2D eigenvalue weighted by molar-refractivity contribution is -0.126. The van der Waals surface area contributed by atoms with Gasteiger partial charge in [0.1, 0.15) is 5.82 Å². The summed E-state index contributed by atoms with van der Waals surface area (Å²) in [4.78, 5) is 30.0. The molecule has 1 N–H and O–H groups in total. The van der Waals surface area contributed by atoms with Crippen molar-refractivity contribution in [1.29, 1.82) is 5.26 Å². The number of methoxy groups -OCH3 is 1. The molecule has 1 atom stereocenters. The number of rotatable bonds is 4. The van der Waals surface area contributed by atoms with Gasteiger partial charge in [-0.3, -0.25) is 4.79 Å². The van der Waals surface area contributed by atoms with Gasteiger partial charge < -0.3 is 29.4 Å². The van der Waals surface area contributed by atoms with Crippen molar-refractivity contribution in [2.75, 3.05) is 69.8 Å². The van der Waals surface area contributed by atoms with Crippen LogP contribution in [0.15, 0.2) is 55.1 Å². The topological polar surface area (TPSA) is 109 Å². The van der Waals surface area contributed by atoms with E-state index in [1.807, 2.05) is 11.9 Å². The monoisotopic (exact) mass is 571 g/mol. The van der Waals surface area contributed by atoms with E-state index in [0.29, 0.717) is 25.6 Å². The average Bonchev–Trinajstić information content (AvgIpc) is 3.42. The van der Waals surface area contributed by atoms with Gasteiger partial charge >= 0.3 is 6.01 Å². The second-order valence-electron chi connectivity index (χ2n) is 10.6. The lowest BCUT2D eigenvalue weighted by Gasteiger charge is -2.38. The molecular formula is C32H41N7O3. The second-order valence-corrected chi connectivity index (χ2v) is 10.6. The molecule has 2 saturated heterocycles. The van der Waals surface area contributed by atoms with Crippen LogP contribution in [0.4, 0.5) is 11.5 Å². The van der Waals surface area contributed by atoms with Crippen LogP contribution in [0.3, 0.4) is 0 Å². The highest BCUT2D eigenvalue weighted by atomic mass is 16.5. The van der Waals surface area contributed by atoms with Crippen LogP contribution < -0.4 is 14.5 Å². The molecule has 222 valence electrons. The summed E-state index contributed by atoms with van der Waals surface area (Å²) in [6.45, 7) is 11.4. The van der Waals surface area contributed by atoms with E-state index in [9.17, 15) is 4.79 Å². The van der Waals surface area contributed by atoms with Gasteiger partial charge in [-0.15, -0.1) is 0 Å². The Kier molecular flexibility index (Phi) is 10.7. The molecule has 0 radical (unpaired) electrons. The van der Waals surface area contributed by atoms with Crippen LogP contribution in [0.1, 0.15) is 24.6 Å². The van der Waals surface area contributed by atoms with E-state index in [-0.39, 0.29) is 12.0 Å². The first-order valence-electron chi connectivity index (χ1n) is 14.4. The molecule has 1 unspecified atom stereocenters. The fraction of sp³-hybridized carbons (Fsp3) is 0.438. The molecule has 3 aromatic rings. The molecule has 1 aromatic heterocycles. The summed E-state index contributed by atoms with van der Waals surface area (Å²) in [7, 11) is 3.63. The Hall–Kier alpha value is -4.20. The number of ether oxygens (including phenoxy) is 1. The van der Waals surface area contributed by atoms with Crippen LogP contribution in [0.5, 0.6) is 6.01 Å². The Morgan fingerprint density at radius 1 is 1.07 bits per heavy atom. The van der Waals surface area contributed by atoms with E-state index in [2.05, 4.69) is 63.7 Å². The fourth-order valence-electron chi connectivity index (χ4n) is 5.61. The molecule has 4 heterocycles. The van der Waals surface area contributed by atoms with Crippen molar-refractivity contribution >= 4 is 28.2 Å². The van der Waals surface area contributed by atoms with Gasteiger partial charge in [-0.25, -0.2) is 0 Å². The maximum atomic E-state index is 11.9. The lowest BCUT2D eigenvalue weighted by atomic mass is 10.0. The number of benzene rings is 2. The zero-order chi connectivity index (χ0) is 30.1. The summed E-state index contributed by atoms with van der Waals surface area (Å²) in [5.74, 6) is 0.924. The van der Waals surface area contributed by atoms with E-state index in [0.717, 1.165) is 57.1 Å². The second kappa shape index (κ2) is 14.6. The average molecular weight is 572 g/mol. The zero-order valence-corrected chi connectivity index (χ0v) is 24.9. The van der Waals surface area contributed by atoms with Crippen LogP contribution in [-0.4, -0.2) is 96.9 Å². The largest absolute Gasteiger partial charge is 0.467 e. The number of nitriles is 1. The van der Waals surface area contributed by atoms with Crippen molar-refractivity contribution < 1.29 is 14.6 Å². The lowest BCUT2D eigenvalue weighted by Crippen LogP contribution is -2.49. The number of carbonyl (C=O) groups is 1. The Morgan fingerprint density at radius 2 is 1.79 bits per heavy atom. The quantitative estimate of drug-likeness (QED) is 0.472. The van der Waals surface area contributed by atoms with Gasteiger partial charge in [-0.2, -0.15) is 15.2 Å². The van der Waals surface area contributed by atoms with Gasteiger partial charge in [-0.1, -0.05) is 43.0 Å². The predicted octanol–water partition coefficient (Wildman–Crippen LogP) is 3.25. The van der Waals surface area contributed by atoms with Crippen LogP contribution in [0.25, 0.3) is 10.8 Å². The Bertz CT molecular complexity index is 1400. The number of anilines is 2. The minimum atomic E-state index is -0.0509. The van der Waals surface area contributed by atoms with E-state index in [1.54, 1.807) is 13.2 Å². The molecule has 3 aliphatic rings. The molecule has 0 aliphatic carbocycles. The Balaban J connectivity index is 0.000000347. The Labute approximate surface area is 248 Å². The maximum absolute atomic E-state index is 11.9. The molecule has 42 heavy (non-hydrogen) atoms. The smallest absolute Gasteiger partial charge is 0.318 e. The van der Waals surface area contributed by atoms with E-state index < -0.39 is 0 Å². The predicted molar refractivity (Wildman–Crippen MR) is 166 cm³/mol. The third kappa shape index (κ3) is 7.35. The number of fused-ring (bicyclic) bond motifs is 2. The number of piperazine rings is 1. The Morgan fingerprint density at radius 3 is 2.40 bits per heavy atom. The molecular weight excluding hydrogens is 530 g/mol. The van der Waals surface area contributed by atoms with Gasteiger partial charge in [0.25, 0.3) is 0 Å². The van der Waals surface area contributed by atoms with E-state index >= 15 is 0 Å². The highest BCUT2D eigenvalue weighted by Crippen LogP contribution is 2.34. The number of likely N-dealkylation sites (tertiary alicyclic amines) is 1. The summed E-state index contributed by atoms with van der Waals surface area (Å²) in [5, 5.41) is 18.7. The molecule has 2 fully saturated rings. The number of carbonyl (C=O) groups excluding carboxylic acids is 1. The SMILES string of the molecule is C=CC(=O)N1CCN(c2nc(OC)nc3c2CCN(c2cccc4ccccc24)C3)CC1.CC#N.CN1CCC(O)C1. The van der Waals surface area contributed by atoms with Crippen LogP contribution >= 0.6 is 0 Å². The molecule has 3 aliphatic heterocycles. The van der Waals surface area contributed by atoms with Crippen molar-refractivity contribution in [3.8, 4) is 12.1 Å². The van der Waals surface area contributed by atoms with Crippen molar-refractivity contribution in [2.45, 2.75) is 32.4 Å². The van der Waals surface area contributed by atoms with Crippen LogP contribution in [0.2, 0.25) is 0 Å². The number of likely N-dealkylation sites (N-methyl/N-ethyl adjacent to an activating group) is 1. The summed E-state index contributed by atoms with van der Waals surface area (Å²) in [6, 6.07) is 17.1. The number of aliphatic hydroxyl groups is 1. The minimum absolute atomic E-state index is 0.0160. The summed E-state index contributed by atoms with van der Waals surface area (Å²) in [5.41, 5.74) is 3.42. The van der Waals surface area contributed by atoms with E-state index in [1.165, 1.54) is 35.0 Å². The molecule has 1 amide bonds. The number of β-amino-alcohol motifs (C(OH)–C–C–N with tert-alkyl or cyclic N) is 1. The molecule has 0 bridgehead atoms. The number of hydrogen-bond donors (Lipinski definition) is 1. The number of hydrogen-bond acceptors (Lipinski definition) is 9. The number of amides is 1. The first-order chi connectivity index (χ1) is 20.4. The van der Waals surface area contributed by atoms with Gasteiger partial charge in [0.2, 0.25) is 5.91 Å². The van der Waals surface area contributed by atoms with Crippen molar-refractivity contribution in [3.63, 3.8) is 0 Å². The molecule has 6 rings (SSSR count). The summed E-state index contributed by atoms with van der Waals surface area (Å²) >= 11 is 0. The third-order valence-corrected chi connectivity index (χ3v) is 7.74. The molecule has 10 heteroatoms. The number of nitrogens with zero attached hydrogens (tertiary/aromatic N) is 7. The van der Waals surface area contributed by atoms with Crippen molar-refractivity contribution in [2.24, 2.45) is 0 Å².